The van der Waals surface area contributed by atoms with E-state index in [9.17, 15) is 0 Å². The third kappa shape index (κ3) is 3.27. The van der Waals surface area contributed by atoms with Gasteiger partial charge in [-0.2, -0.15) is 0 Å². The molecule has 5 nitrogen and oxygen atoms in total. The fourth-order valence-corrected chi connectivity index (χ4v) is 4.15. The summed E-state index contributed by atoms with van der Waals surface area (Å²) in [6.07, 6.45) is 9.09. The Bertz CT molecular complexity index is 318. The molecule has 4 fully saturated rings. The second kappa shape index (κ2) is 6.50. The molecule has 0 aliphatic carbocycles. The van der Waals surface area contributed by atoms with E-state index in [4.69, 9.17) is 23.7 Å². The molecule has 6 atom stereocenters. The van der Waals surface area contributed by atoms with Crippen molar-refractivity contribution in [3.63, 3.8) is 0 Å². The molecule has 4 saturated heterocycles. The molecular weight excluding hydrogens is 272 g/mol. The standard InChI is InChI=1S/C16H26O5/c1-3-13-15(9-11(1)20-13)18-7-5-17-6-8-19-16-10-12-2-4-14(16)21-12/h11-16H,1-10H2. The molecule has 4 heterocycles. The summed E-state index contributed by atoms with van der Waals surface area (Å²) in [5.74, 6) is 0. The quantitative estimate of drug-likeness (QED) is 0.638. The molecule has 21 heavy (non-hydrogen) atoms. The van der Waals surface area contributed by atoms with Crippen molar-refractivity contribution in [2.24, 2.45) is 0 Å². The zero-order valence-electron chi connectivity index (χ0n) is 12.6. The highest BCUT2D eigenvalue weighted by atomic mass is 16.6. The third-order valence-corrected chi connectivity index (χ3v) is 5.22. The first-order chi connectivity index (χ1) is 10.4. The molecule has 0 aromatic rings. The van der Waals surface area contributed by atoms with Crippen LogP contribution in [0, 0.1) is 0 Å². The van der Waals surface area contributed by atoms with Crippen LogP contribution in [0.5, 0.6) is 0 Å². The van der Waals surface area contributed by atoms with E-state index < -0.39 is 0 Å². The van der Waals surface area contributed by atoms with Crippen LogP contribution < -0.4 is 0 Å². The molecule has 0 spiro atoms. The van der Waals surface area contributed by atoms with Gasteiger partial charge in [-0.05, 0) is 25.7 Å². The number of rotatable bonds is 8. The molecule has 0 aromatic heterocycles. The molecule has 0 N–H and O–H groups in total. The van der Waals surface area contributed by atoms with Gasteiger partial charge in [-0.15, -0.1) is 0 Å². The van der Waals surface area contributed by atoms with E-state index in [0.29, 0.717) is 63.1 Å². The van der Waals surface area contributed by atoms with Gasteiger partial charge >= 0.3 is 0 Å². The Morgan fingerprint density at radius 1 is 0.667 bits per heavy atom. The topological polar surface area (TPSA) is 46.2 Å². The molecule has 5 heteroatoms. The van der Waals surface area contributed by atoms with Gasteiger partial charge in [-0.1, -0.05) is 0 Å². The summed E-state index contributed by atoms with van der Waals surface area (Å²) in [6.45, 7) is 2.61. The highest BCUT2D eigenvalue weighted by Crippen LogP contribution is 2.36. The van der Waals surface area contributed by atoms with E-state index in [0.717, 1.165) is 25.7 Å². The molecular formula is C16H26O5. The van der Waals surface area contributed by atoms with Crippen LogP contribution >= 0.6 is 0 Å². The lowest BCUT2D eigenvalue weighted by molar-refractivity contribution is -0.0502. The Hall–Kier alpha value is -0.200. The maximum absolute atomic E-state index is 5.85. The first-order valence-electron chi connectivity index (χ1n) is 8.50. The molecule has 4 aliphatic heterocycles. The molecule has 120 valence electrons. The van der Waals surface area contributed by atoms with E-state index in [-0.39, 0.29) is 0 Å². The smallest absolute Gasteiger partial charge is 0.0862 e. The maximum atomic E-state index is 5.85. The summed E-state index contributed by atoms with van der Waals surface area (Å²) in [5.41, 5.74) is 0. The van der Waals surface area contributed by atoms with Gasteiger partial charge in [0, 0.05) is 12.8 Å². The summed E-state index contributed by atoms with van der Waals surface area (Å²) < 4.78 is 28.8. The van der Waals surface area contributed by atoms with E-state index in [1.165, 1.54) is 12.8 Å². The van der Waals surface area contributed by atoms with Crippen molar-refractivity contribution in [1.82, 2.24) is 0 Å². The van der Waals surface area contributed by atoms with Crippen LogP contribution in [-0.4, -0.2) is 63.1 Å². The van der Waals surface area contributed by atoms with Crippen molar-refractivity contribution < 1.29 is 23.7 Å². The minimum absolute atomic E-state index is 0.301. The lowest BCUT2D eigenvalue weighted by Crippen LogP contribution is -2.28. The first-order valence-corrected chi connectivity index (χ1v) is 8.50. The second-order valence-corrected chi connectivity index (χ2v) is 6.65. The first kappa shape index (κ1) is 14.4. The van der Waals surface area contributed by atoms with Crippen LogP contribution in [0.2, 0.25) is 0 Å². The van der Waals surface area contributed by atoms with Gasteiger partial charge in [0.25, 0.3) is 0 Å². The fourth-order valence-electron chi connectivity index (χ4n) is 4.15. The molecule has 0 amide bonds. The zero-order valence-corrected chi connectivity index (χ0v) is 12.6. The van der Waals surface area contributed by atoms with Crippen LogP contribution in [0.3, 0.4) is 0 Å². The Labute approximate surface area is 126 Å². The second-order valence-electron chi connectivity index (χ2n) is 6.65. The summed E-state index contributed by atoms with van der Waals surface area (Å²) in [7, 11) is 0. The van der Waals surface area contributed by atoms with Crippen LogP contribution in [-0.2, 0) is 23.7 Å². The Morgan fingerprint density at radius 3 is 1.57 bits per heavy atom. The number of hydrogen-bond donors (Lipinski definition) is 0. The van der Waals surface area contributed by atoms with E-state index in [2.05, 4.69) is 0 Å². The van der Waals surface area contributed by atoms with Crippen LogP contribution in [0.15, 0.2) is 0 Å². The molecule has 4 rings (SSSR count). The number of hydrogen-bond acceptors (Lipinski definition) is 5. The summed E-state index contributed by atoms with van der Waals surface area (Å²) in [6, 6.07) is 0. The minimum atomic E-state index is 0.301. The highest BCUT2D eigenvalue weighted by Gasteiger charge is 2.42. The summed E-state index contributed by atoms with van der Waals surface area (Å²) in [5, 5.41) is 0. The van der Waals surface area contributed by atoms with Crippen LogP contribution in [0.1, 0.15) is 38.5 Å². The Kier molecular flexibility index (Phi) is 4.46. The number of ether oxygens (including phenoxy) is 5. The zero-order chi connectivity index (χ0) is 14.1. The minimum Gasteiger partial charge on any atom is -0.377 e. The largest absolute Gasteiger partial charge is 0.377 e. The average Bonchev–Trinajstić information content (AvgIpc) is 3.26. The summed E-state index contributed by atoms with van der Waals surface area (Å²) >= 11 is 0. The van der Waals surface area contributed by atoms with E-state index >= 15 is 0 Å². The van der Waals surface area contributed by atoms with Gasteiger partial charge in [-0.3, -0.25) is 0 Å². The lowest BCUT2D eigenvalue weighted by atomic mass is 9.98. The van der Waals surface area contributed by atoms with Crippen molar-refractivity contribution in [3.8, 4) is 0 Å². The SMILES string of the molecule is C(COC1CC2CCC1O2)OCCOC1CC2CCC1O2. The van der Waals surface area contributed by atoms with Gasteiger partial charge in [0.1, 0.15) is 0 Å². The molecule has 0 saturated carbocycles. The summed E-state index contributed by atoms with van der Waals surface area (Å²) in [4.78, 5) is 0. The molecule has 4 aliphatic rings. The van der Waals surface area contributed by atoms with Gasteiger partial charge in [0.15, 0.2) is 0 Å². The van der Waals surface area contributed by atoms with Crippen LogP contribution in [0.4, 0.5) is 0 Å². The predicted octanol–water partition coefficient (Wildman–Crippen LogP) is 1.68. The molecule has 6 unspecified atom stereocenters. The fraction of sp³-hybridized carbons (Fsp3) is 1.00. The monoisotopic (exact) mass is 298 g/mol. The van der Waals surface area contributed by atoms with Crippen LogP contribution in [0.25, 0.3) is 0 Å². The predicted molar refractivity (Wildman–Crippen MR) is 75.3 cm³/mol. The van der Waals surface area contributed by atoms with Crippen molar-refractivity contribution in [3.05, 3.63) is 0 Å². The highest BCUT2D eigenvalue weighted by molar-refractivity contribution is 4.91. The Balaban J connectivity index is 1.01. The third-order valence-electron chi connectivity index (χ3n) is 5.22. The normalized spacial score (nSPS) is 44.0. The van der Waals surface area contributed by atoms with Gasteiger partial charge in [0.05, 0.1) is 63.1 Å². The van der Waals surface area contributed by atoms with Gasteiger partial charge < -0.3 is 23.7 Å². The van der Waals surface area contributed by atoms with Crippen molar-refractivity contribution in [1.29, 1.82) is 0 Å². The Morgan fingerprint density at radius 2 is 1.19 bits per heavy atom. The lowest BCUT2D eigenvalue weighted by Gasteiger charge is -2.20. The van der Waals surface area contributed by atoms with Gasteiger partial charge in [-0.25, -0.2) is 0 Å². The van der Waals surface area contributed by atoms with Gasteiger partial charge in [0.2, 0.25) is 0 Å². The average molecular weight is 298 g/mol. The molecule has 4 bridgehead atoms. The van der Waals surface area contributed by atoms with Crippen molar-refractivity contribution >= 4 is 0 Å². The van der Waals surface area contributed by atoms with E-state index in [1.807, 2.05) is 0 Å². The van der Waals surface area contributed by atoms with Crippen molar-refractivity contribution in [2.45, 2.75) is 75.1 Å². The van der Waals surface area contributed by atoms with Crippen molar-refractivity contribution in [2.75, 3.05) is 26.4 Å². The number of fused-ring (bicyclic) bond motifs is 4. The molecule has 0 aromatic carbocycles. The molecule has 0 radical (unpaired) electrons. The maximum Gasteiger partial charge on any atom is 0.0862 e. The van der Waals surface area contributed by atoms with E-state index in [1.54, 1.807) is 0 Å².